The van der Waals surface area contributed by atoms with Gasteiger partial charge in [-0.3, -0.25) is 4.79 Å². The lowest BCUT2D eigenvalue weighted by Crippen LogP contribution is -2.13. The van der Waals surface area contributed by atoms with Crippen LogP contribution in [0.1, 0.15) is 59.1 Å². The smallest absolute Gasteiger partial charge is 0.366 e. The Labute approximate surface area is 180 Å². The molecule has 0 fully saturated rings. The van der Waals surface area contributed by atoms with E-state index in [1.165, 1.54) is 12.1 Å². The van der Waals surface area contributed by atoms with Crippen molar-refractivity contribution in [3.63, 3.8) is 0 Å². The van der Waals surface area contributed by atoms with Crippen LogP contribution in [-0.4, -0.2) is 10.5 Å². The SMILES string of the molecule is CCCCCc1c(-c2ccc(C(F)(F)F)cc2)c(C(N)=O)c(C)n1Cc1ccccc1. The van der Waals surface area contributed by atoms with Crippen molar-refractivity contribution in [1.29, 1.82) is 0 Å². The van der Waals surface area contributed by atoms with Crippen molar-refractivity contribution in [2.75, 3.05) is 0 Å². The number of hydrogen-bond acceptors (Lipinski definition) is 1. The predicted octanol–water partition coefficient (Wildman–Crippen LogP) is 6.36. The van der Waals surface area contributed by atoms with Gasteiger partial charge in [-0.25, -0.2) is 0 Å². The highest BCUT2D eigenvalue weighted by Gasteiger charge is 2.31. The molecule has 1 amide bonds. The molecule has 3 nitrogen and oxygen atoms in total. The van der Waals surface area contributed by atoms with Gasteiger partial charge in [0.15, 0.2) is 0 Å². The molecule has 31 heavy (non-hydrogen) atoms. The summed E-state index contributed by atoms with van der Waals surface area (Å²) in [5, 5.41) is 0. The number of amides is 1. The Morgan fingerprint density at radius 1 is 1.00 bits per heavy atom. The topological polar surface area (TPSA) is 48.0 Å². The van der Waals surface area contributed by atoms with Gasteiger partial charge in [0, 0.05) is 23.5 Å². The molecule has 3 aromatic rings. The Bertz CT molecular complexity index is 1040. The van der Waals surface area contributed by atoms with Gasteiger partial charge in [0.25, 0.3) is 5.91 Å². The number of carbonyl (C=O) groups is 1. The highest BCUT2D eigenvalue weighted by atomic mass is 19.4. The molecule has 3 rings (SSSR count). The van der Waals surface area contributed by atoms with Crippen molar-refractivity contribution in [3.8, 4) is 11.1 Å². The Balaban J connectivity index is 2.17. The fourth-order valence-corrected chi connectivity index (χ4v) is 4.02. The summed E-state index contributed by atoms with van der Waals surface area (Å²) in [7, 11) is 0. The van der Waals surface area contributed by atoms with Crippen molar-refractivity contribution >= 4 is 5.91 Å². The first kappa shape index (κ1) is 22.7. The molecule has 0 saturated heterocycles. The highest BCUT2D eigenvalue weighted by Crippen LogP contribution is 2.36. The molecule has 164 valence electrons. The summed E-state index contributed by atoms with van der Waals surface area (Å²) in [6.45, 7) is 4.52. The van der Waals surface area contributed by atoms with Gasteiger partial charge in [-0.05, 0) is 43.0 Å². The first-order chi connectivity index (χ1) is 14.7. The van der Waals surface area contributed by atoms with Crippen LogP contribution in [0.3, 0.4) is 0 Å². The van der Waals surface area contributed by atoms with Crippen LogP contribution in [0.15, 0.2) is 54.6 Å². The molecule has 0 atom stereocenters. The largest absolute Gasteiger partial charge is 0.416 e. The standard InChI is InChI=1S/C25H27F3N2O/c1-3-4-6-11-21-23(19-12-14-20(15-13-19)25(26,27)28)22(24(29)31)17(2)30(21)16-18-9-7-5-8-10-18/h5,7-10,12-15H,3-4,6,11,16H2,1-2H3,(H2,29,31). The second kappa shape index (κ2) is 9.41. The lowest BCUT2D eigenvalue weighted by Gasteiger charge is -2.14. The maximum Gasteiger partial charge on any atom is 0.416 e. The molecule has 1 aromatic heterocycles. The summed E-state index contributed by atoms with van der Waals surface area (Å²) >= 11 is 0. The summed E-state index contributed by atoms with van der Waals surface area (Å²) in [6.07, 6.45) is -0.722. The Morgan fingerprint density at radius 3 is 2.19 bits per heavy atom. The van der Waals surface area contributed by atoms with E-state index in [4.69, 9.17) is 5.73 Å². The van der Waals surface area contributed by atoms with Crippen molar-refractivity contribution in [3.05, 3.63) is 82.7 Å². The van der Waals surface area contributed by atoms with Crippen molar-refractivity contribution in [2.24, 2.45) is 5.73 Å². The molecule has 0 bridgehead atoms. The summed E-state index contributed by atoms with van der Waals surface area (Å²) in [6, 6.07) is 14.8. The number of primary amides is 1. The van der Waals surface area contributed by atoms with E-state index in [0.29, 0.717) is 29.7 Å². The molecule has 1 heterocycles. The average molecular weight is 428 g/mol. The second-order valence-electron chi connectivity index (χ2n) is 7.75. The maximum absolute atomic E-state index is 13.0. The number of rotatable bonds is 8. The minimum Gasteiger partial charge on any atom is -0.366 e. The lowest BCUT2D eigenvalue weighted by atomic mass is 9.96. The van der Waals surface area contributed by atoms with Crippen LogP contribution < -0.4 is 5.73 Å². The van der Waals surface area contributed by atoms with E-state index in [2.05, 4.69) is 11.5 Å². The van der Waals surface area contributed by atoms with E-state index in [9.17, 15) is 18.0 Å². The first-order valence-electron chi connectivity index (χ1n) is 10.5. The van der Waals surface area contributed by atoms with Gasteiger partial charge >= 0.3 is 6.18 Å². The van der Waals surface area contributed by atoms with Crippen molar-refractivity contribution < 1.29 is 18.0 Å². The van der Waals surface area contributed by atoms with Gasteiger partial charge in [-0.2, -0.15) is 13.2 Å². The zero-order valence-electron chi connectivity index (χ0n) is 17.8. The van der Waals surface area contributed by atoms with E-state index in [1.54, 1.807) is 0 Å². The molecule has 0 aliphatic heterocycles. The number of benzene rings is 2. The number of aromatic nitrogens is 1. The molecule has 0 unspecified atom stereocenters. The van der Waals surface area contributed by atoms with E-state index in [-0.39, 0.29) is 0 Å². The highest BCUT2D eigenvalue weighted by molar-refractivity contribution is 6.02. The number of hydrogen-bond donors (Lipinski definition) is 1. The quantitative estimate of drug-likeness (QED) is 0.417. The number of alkyl halides is 3. The number of carbonyl (C=O) groups excluding carboxylic acids is 1. The number of halogens is 3. The molecular weight excluding hydrogens is 401 g/mol. The zero-order chi connectivity index (χ0) is 22.6. The monoisotopic (exact) mass is 428 g/mol. The summed E-state index contributed by atoms with van der Waals surface area (Å²) < 4.78 is 41.2. The molecular formula is C25H27F3N2O. The molecule has 2 aromatic carbocycles. The third-order valence-corrected chi connectivity index (χ3v) is 5.58. The van der Waals surface area contributed by atoms with Crippen LogP contribution in [0.2, 0.25) is 0 Å². The second-order valence-corrected chi connectivity index (χ2v) is 7.75. The fraction of sp³-hybridized carbons (Fsp3) is 0.320. The maximum atomic E-state index is 13.0. The van der Waals surface area contributed by atoms with Crippen LogP contribution in [-0.2, 0) is 19.1 Å². The number of nitrogens with two attached hydrogens (primary N) is 1. The van der Waals surface area contributed by atoms with Gasteiger partial charge in [-0.15, -0.1) is 0 Å². The molecule has 2 N–H and O–H groups in total. The van der Waals surface area contributed by atoms with Crippen LogP contribution >= 0.6 is 0 Å². The van der Waals surface area contributed by atoms with Gasteiger partial charge < -0.3 is 10.3 Å². The van der Waals surface area contributed by atoms with Crippen LogP contribution in [0.5, 0.6) is 0 Å². The molecule has 0 aliphatic rings. The van der Waals surface area contributed by atoms with Gasteiger partial charge in [0.2, 0.25) is 0 Å². The normalized spacial score (nSPS) is 11.6. The minimum absolute atomic E-state index is 0.377. The van der Waals surface area contributed by atoms with Gasteiger partial charge in [0.05, 0.1) is 11.1 Å². The molecule has 0 saturated carbocycles. The molecule has 0 spiro atoms. The third-order valence-electron chi connectivity index (χ3n) is 5.58. The summed E-state index contributed by atoms with van der Waals surface area (Å²) in [5.41, 5.74) is 9.37. The van der Waals surface area contributed by atoms with Crippen LogP contribution in [0.25, 0.3) is 11.1 Å². The van der Waals surface area contributed by atoms with E-state index in [0.717, 1.165) is 48.3 Å². The van der Waals surface area contributed by atoms with Crippen LogP contribution in [0, 0.1) is 6.92 Å². The Morgan fingerprint density at radius 2 is 1.65 bits per heavy atom. The Hall–Kier alpha value is -3.02. The van der Waals surface area contributed by atoms with E-state index in [1.807, 2.05) is 37.3 Å². The van der Waals surface area contributed by atoms with Gasteiger partial charge in [0.1, 0.15) is 0 Å². The summed E-state index contributed by atoms with van der Waals surface area (Å²) in [5.74, 6) is -0.573. The fourth-order valence-electron chi connectivity index (χ4n) is 4.02. The molecule has 0 aliphatic carbocycles. The first-order valence-corrected chi connectivity index (χ1v) is 10.5. The molecule has 0 radical (unpaired) electrons. The van der Waals surface area contributed by atoms with Crippen LogP contribution in [0.4, 0.5) is 13.2 Å². The van der Waals surface area contributed by atoms with Gasteiger partial charge in [-0.1, -0.05) is 62.2 Å². The molecule has 6 heteroatoms. The lowest BCUT2D eigenvalue weighted by molar-refractivity contribution is -0.137. The number of nitrogens with zero attached hydrogens (tertiary/aromatic N) is 1. The van der Waals surface area contributed by atoms with Crippen molar-refractivity contribution in [2.45, 2.75) is 52.3 Å². The van der Waals surface area contributed by atoms with E-state index >= 15 is 0 Å². The minimum atomic E-state index is -4.41. The Kier molecular flexibility index (Phi) is 6.88. The zero-order valence-corrected chi connectivity index (χ0v) is 17.8. The summed E-state index contributed by atoms with van der Waals surface area (Å²) in [4.78, 5) is 12.4. The number of unbranched alkanes of at least 4 members (excludes halogenated alkanes) is 2. The van der Waals surface area contributed by atoms with Crippen molar-refractivity contribution in [1.82, 2.24) is 4.57 Å². The average Bonchev–Trinajstić information content (AvgIpc) is 3.00. The van der Waals surface area contributed by atoms with E-state index < -0.39 is 17.6 Å². The third kappa shape index (κ3) is 5.01. The predicted molar refractivity (Wildman–Crippen MR) is 117 cm³/mol.